The first kappa shape index (κ1) is 33.2. The van der Waals surface area contributed by atoms with Crippen molar-refractivity contribution in [1.29, 1.82) is 0 Å². The third-order valence-corrected chi connectivity index (χ3v) is 7.07. The summed E-state index contributed by atoms with van der Waals surface area (Å²) in [5.74, 6) is -2.26. The molecule has 0 bridgehead atoms. The van der Waals surface area contributed by atoms with Gasteiger partial charge in [0.15, 0.2) is 6.23 Å². The Morgan fingerprint density at radius 1 is 1.18 bits per heavy atom. The molecule has 1 aromatic carbocycles. The van der Waals surface area contributed by atoms with Crippen LogP contribution in [0.25, 0.3) is 0 Å². The molecule has 1 aliphatic carbocycles. The van der Waals surface area contributed by atoms with E-state index in [0.29, 0.717) is 24.8 Å². The Hall–Kier alpha value is -3.02. The molecule has 0 heterocycles. The molecule has 1 fully saturated rings. The number of halogens is 1. The summed E-state index contributed by atoms with van der Waals surface area (Å²) in [5.41, 5.74) is 2.41. The Labute approximate surface area is 240 Å². The molecule has 0 radical (unpaired) electrons. The predicted molar refractivity (Wildman–Crippen MR) is 151 cm³/mol. The first-order valence-electron chi connectivity index (χ1n) is 13.6. The van der Waals surface area contributed by atoms with Gasteiger partial charge in [-0.1, -0.05) is 59.1 Å². The summed E-state index contributed by atoms with van der Waals surface area (Å²) in [6, 6.07) is 2.34. The van der Waals surface area contributed by atoms with Gasteiger partial charge < -0.3 is 25.4 Å². The molecule has 12 heteroatoms. The van der Waals surface area contributed by atoms with Crippen molar-refractivity contribution < 1.29 is 33.9 Å². The van der Waals surface area contributed by atoms with Crippen LogP contribution in [0.3, 0.4) is 0 Å². The SMILES string of the molecule is CCC(=O)Nc1ccc(C(=O)NC(C(=O)N(C2CCCC2)[C@@H](CC)ONC(C=O)CC(=O)O)C(C)(C)C)c(Cl)c1. The number of carbonyl (C=O) groups excluding carboxylic acids is 4. The van der Waals surface area contributed by atoms with Crippen molar-refractivity contribution >= 4 is 47.3 Å². The summed E-state index contributed by atoms with van der Waals surface area (Å²) in [4.78, 5) is 69.1. The summed E-state index contributed by atoms with van der Waals surface area (Å²) >= 11 is 6.38. The van der Waals surface area contributed by atoms with Gasteiger partial charge >= 0.3 is 5.97 Å². The molecule has 222 valence electrons. The molecule has 1 aromatic rings. The van der Waals surface area contributed by atoms with Gasteiger partial charge in [0, 0.05) is 18.2 Å². The Bertz CT molecular complexity index is 1070. The number of aliphatic carboxylic acids is 1. The van der Waals surface area contributed by atoms with Gasteiger partial charge in [0.2, 0.25) is 11.8 Å². The Morgan fingerprint density at radius 2 is 1.82 bits per heavy atom. The molecule has 4 N–H and O–H groups in total. The molecular weight excluding hydrogens is 540 g/mol. The second-order valence-electron chi connectivity index (χ2n) is 11.0. The number of nitrogens with zero attached hydrogens (tertiary/aromatic N) is 1. The number of anilines is 1. The second-order valence-corrected chi connectivity index (χ2v) is 11.4. The third-order valence-electron chi connectivity index (χ3n) is 6.75. The molecule has 11 nitrogen and oxygen atoms in total. The summed E-state index contributed by atoms with van der Waals surface area (Å²) in [5, 5.41) is 14.7. The first-order valence-corrected chi connectivity index (χ1v) is 14.0. The third kappa shape index (κ3) is 9.28. The maximum atomic E-state index is 14.2. The zero-order valence-electron chi connectivity index (χ0n) is 23.8. The van der Waals surface area contributed by atoms with Crippen LogP contribution in [-0.4, -0.2) is 64.3 Å². The quantitative estimate of drug-likeness (QED) is 0.147. The molecule has 0 aliphatic heterocycles. The fourth-order valence-electron chi connectivity index (χ4n) is 4.58. The van der Waals surface area contributed by atoms with Crippen LogP contribution in [0.1, 0.15) is 89.9 Å². The molecule has 3 amide bonds. The van der Waals surface area contributed by atoms with E-state index in [4.69, 9.17) is 21.5 Å². The lowest BCUT2D eigenvalue weighted by Gasteiger charge is -2.41. The van der Waals surface area contributed by atoms with E-state index in [1.54, 1.807) is 17.9 Å². The average molecular weight is 581 g/mol. The van der Waals surface area contributed by atoms with Crippen molar-refractivity contribution in [2.24, 2.45) is 5.41 Å². The minimum atomic E-state index is -1.17. The van der Waals surface area contributed by atoms with Gasteiger partial charge in [0.1, 0.15) is 12.3 Å². The van der Waals surface area contributed by atoms with Gasteiger partial charge in [0.05, 0.1) is 23.0 Å². The minimum Gasteiger partial charge on any atom is -0.481 e. The lowest BCUT2D eigenvalue weighted by Crippen LogP contribution is -2.60. The minimum absolute atomic E-state index is 0.122. The van der Waals surface area contributed by atoms with Gasteiger partial charge in [0.25, 0.3) is 5.91 Å². The number of carboxylic acid groups (broad SMARTS) is 1. The molecule has 1 saturated carbocycles. The van der Waals surface area contributed by atoms with Gasteiger partial charge in [-0.25, -0.2) is 0 Å². The lowest BCUT2D eigenvalue weighted by molar-refractivity contribution is -0.172. The van der Waals surface area contributed by atoms with Crippen LogP contribution in [0.15, 0.2) is 18.2 Å². The van der Waals surface area contributed by atoms with Crippen LogP contribution in [0.5, 0.6) is 0 Å². The molecule has 2 rings (SSSR count). The van der Waals surface area contributed by atoms with E-state index < -0.39 is 42.0 Å². The fourth-order valence-corrected chi connectivity index (χ4v) is 4.85. The van der Waals surface area contributed by atoms with E-state index in [0.717, 1.165) is 25.7 Å². The van der Waals surface area contributed by atoms with Crippen molar-refractivity contribution in [3.8, 4) is 0 Å². The smallest absolute Gasteiger partial charge is 0.305 e. The Morgan fingerprint density at radius 3 is 2.33 bits per heavy atom. The van der Waals surface area contributed by atoms with Crippen LogP contribution in [0.2, 0.25) is 5.02 Å². The van der Waals surface area contributed by atoms with Crippen LogP contribution < -0.4 is 16.1 Å². The van der Waals surface area contributed by atoms with E-state index >= 15 is 0 Å². The second kappa shape index (κ2) is 15.1. The number of carboxylic acids is 1. The summed E-state index contributed by atoms with van der Waals surface area (Å²) in [6.07, 6.45) is 3.17. The van der Waals surface area contributed by atoms with Gasteiger partial charge in [-0.05, 0) is 42.9 Å². The van der Waals surface area contributed by atoms with Crippen molar-refractivity contribution in [3.05, 3.63) is 28.8 Å². The molecule has 1 aliphatic rings. The highest BCUT2D eigenvalue weighted by molar-refractivity contribution is 6.34. The average Bonchev–Trinajstić information content (AvgIpc) is 3.41. The monoisotopic (exact) mass is 580 g/mol. The number of carbonyl (C=O) groups is 5. The highest BCUT2D eigenvalue weighted by Gasteiger charge is 2.42. The number of nitrogens with one attached hydrogen (secondary N) is 3. The Kier molecular flexibility index (Phi) is 12.5. The van der Waals surface area contributed by atoms with Crippen molar-refractivity contribution in [2.75, 3.05) is 5.32 Å². The molecule has 0 aromatic heterocycles. The standard InChI is InChI=1S/C28H41ClN4O7/c1-6-22(35)30-17-12-13-20(21(29)14-17)26(38)31-25(28(3,4)5)27(39)33(19-10-8-9-11-19)23(7-2)40-32-18(16-34)15-24(36)37/h12-14,16,18-19,23,25,32H,6-11,15H2,1-5H3,(H,30,35)(H,31,38)(H,36,37)/t18?,23-,25?/m1/s1. The van der Waals surface area contributed by atoms with Gasteiger partial charge in [-0.2, -0.15) is 5.48 Å². The molecule has 3 atom stereocenters. The van der Waals surface area contributed by atoms with Crippen LogP contribution in [0, 0.1) is 5.41 Å². The zero-order valence-corrected chi connectivity index (χ0v) is 24.5. The van der Waals surface area contributed by atoms with E-state index in [-0.39, 0.29) is 28.4 Å². The van der Waals surface area contributed by atoms with Gasteiger partial charge in [-0.15, -0.1) is 0 Å². The summed E-state index contributed by atoms with van der Waals surface area (Å²) in [7, 11) is 0. The summed E-state index contributed by atoms with van der Waals surface area (Å²) in [6.45, 7) is 9.05. The topological polar surface area (TPSA) is 154 Å². The van der Waals surface area contributed by atoms with E-state index in [9.17, 15) is 24.0 Å². The first-order chi connectivity index (χ1) is 18.8. The highest BCUT2D eigenvalue weighted by Crippen LogP contribution is 2.31. The van der Waals surface area contributed by atoms with Crippen LogP contribution >= 0.6 is 11.6 Å². The van der Waals surface area contributed by atoms with Crippen LogP contribution in [-0.2, 0) is 24.0 Å². The maximum Gasteiger partial charge on any atom is 0.305 e. The number of hydrogen-bond acceptors (Lipinski definition) is 7. The molecule has 0 spiro atoms. The van der Waals surface area contributed by atoms with Gasteiger partial charge in [-0.3, -0.25) is 24.0 Å². The van der Waals surface area contributed by atoms with E-state index in [2.05, 4.69) is 16.1 Å². The highest BCUT2D eigenvalue weighted by atomic mass is 35.5. The number of benzene rings is 1. The molecule has 40 heavy (non-hydrogen) atoms. The summed E-state index contributed by atoms with van der Waals surface area (Å²) < 4.78 is 0. The molecule has 0 saturated heterocycles. The molecule has 2 unspecified atom stereocenters. The number of rotatable bonds is 14. The Balaban J connectivity index is 2.33. The normalized spacial score (nSPS) is 16.1. The molecular formula is C28H41ClN4O7. The van der Waals surface area contributed by atoms with Crippen molar-refractivity contribution in [1.82, 2.24) is 15.7 Å². The van der Waals surface area contributed by atoms with Crippen LogP contribution in [0.4, 0.5) is 5.69 Å². The maximum absolute atomic E-state index is 14.2. The zero-order chi connectivity index (χ0) is 30.0. The largest absolute Gasteiger partial charge is 0.481 e. The fraction of sp³-hybridized carbons (Fsp3) is 0.607. The number of hydroxylamine groups is 1. The number of aldehydes is 1. The number of amides is 3. The lowest BCUT2D eigenvalue weighted by atomic mass is 9.85. The van der Waals surface area contributed by atoms with Crippen molar-refractivity contribution in [3.63, 3.8) is 0 Å². The van der Waals surface area contributed by atoms with E-state index in [1.165, 1.54) is 12.1 Å². The van der Waals surface area contributed by atoms with E-state index in [1.807, 2.05) is 27.7 Å². The number of hydrogen-bond donors (Lipinski definition) is 4. The van der Waals surface area contributed by atoms with Crippen molar-refractivity contribution in [2.45, 2.75) is 104 Å². The predicted octanol–water partition coefficient (Wildman–Crippen LogP) is 3.90.